The predicted octanol–water partition coefficient (Wildman–Crippen LogP) is 1.76. The second kappa shape index (κ2) is 6.34. The van der Waals surface area contributed by atoms with Crippen LogP contribution >= 0.6 is 12.4 Å². The molecule has 20 heavy (non-hydrogen) atoms. The monoisotopic (exact) mass is 326 g/mol. The van der Waals surface area contributed by atoms with Crippen molar-refractivity contribution in [2.75, 3.05) is 13.1 Å². The summed E-state index contributed by atoms with van der Waals surface area (Å²) in [6, 6.07) is 2.13. The number of sulfonamides is 1. The molecule has 0 saturated carbocycles. The average Bonchev–Trinajstić information content (AvgIpc) is 2.35. The van der Waals surface area contributed by atoms with Crippen molar-refractivity contribution in [3.8, 4) is 0 Å². The first-order valence-electron chi connectivity index (χ1n) is 6.02. The van der Waals surface area contributed by atoms with Crippen LogP contribution in [0.5, 0.6) is 0 Å². The molecule has 0 amide bonds. The SMILES string of the molecule is CC1CN(S(=O)(=O)c2cc(F)ccc2F)C(C)CN1.Cl. The summed E-state index contributed by atoms with van der Waals surface area (Å²) in [6.07, 6.45) is 0. The van der Waals surface area contributed by atoms with Crippen LogP contribution in [0.25, 0.3) is 0 Å². The molecule has 1 fully saturated rings. The first-order chi connectivity index (χ1) is 8.82. The van der Waals surface area contributed by atoms with E-state index < -0.39 is 26.6 Å². The van der Waals surface area contributed by atoms with E-state index in [1.54, 1.807) is 6.92 Å². The van der Waals surface area contributed by atoms with E-state index in [0.29, 0.717) is 6.54 Å². The quantitative estimate of drug-likeness (QED) is 0.901. The number of rotatable bonds is 2. The minimum Gasteiger partial charge on any atom is -0.311 e. The van der Waals surface area contributed by atoms with Gasteiger partial charge in [-0.25, -0.2) is 17.2 Å². The van der Waals surface area contributed by atoms with E-state index in [9.17, 15) is 17.2 Å². The smallest absolute Gasteiger partial charge is 0.246 e. The van der Waals surface area contributed by atoms with Crippen molar-refractivity contribution in [1.82, 2.24) is 9.62 Å². The van der Waals surface area contributed by atoms with Crippen LogP contribution in [-0.4, -0.2) is 37.9 Å². The van der Waals surface area contributed by atoms with Gasteiger partial charge in [0.25, 0.3) is 0 Å². The Balaban J connectivity index is 0.00000200. The molecular weight excluding hydrogens is 310 g/mol. The lowest BCUT2D eigenvalue weighted by Gasteiger charge is -2.36. The molecule has 4 nitrogen and oxygen atoms in total. The molecule has 2 rings (SSSR count). The highest BCUT2D eigenvalue weighted by molar-refractivity contribution is 7.89. The zero-order chi connectivity index (χ0) is 14.2. The second-order valence-corrected chi connectivity index (χ2v) is 6.67. The van der Waals surface area contributed by atoms with Crippen LogP contribution < -0.4 is 5.32 Å². The van der Waals surface area contributed by atoms with E-state index in [-0.39, 0.29) is 31.0 Å². The van der Waals surface area contributed by atoms with Crippen LogP contribution in [0.15, 0.2) is 23.1 Å². The maximum absolute atomic E-state index is 13.7. The lowest BCUT2D eigenvalue weighted by Crippen LogP contribution is -2.56. The Kier molecular flexibility index (Phi) is 5.48. The average molecular weight is 327 g/mol. The molecule has 0 aliphatic carbocycles. The maximum Gasteiger partial charge on any atom is 0.246 e. The normalized spacial score (nSPS) is 24.2. The molecule has 8 heteroatoms. The molecule has 1 aromatic carbocycles. The molecule has 1 aromatic rings. The number of benzene rings is 1. The number of nitrogens with one attached hydrogen (secondary N) is 1. The van der Waals surface area contributed by atoms with Gasteiger partial charge in [0.1, 0.15) is 16.5 Å². The molecule has 114 valence electrons. The molecule has 1 aliphatic rings. The van der Waals surface area contributed by atoms with Crippen LogP contribution in [0.1, 0.15) is 13.8 Å². The van der Waals surface area contributed by atoms with Crippen molar-refractivity contribution in [3.05, 3.63) is 29.8 Å². The van der Waals surface area contributed by atoms with Crippen molar-refractivity contribution < 1.29 is 17.2 Å². The third-order valence-corrected chi connectivity index (χ3v) is 5.18. The maximum atomic E-state index is 13.7. The minimum atomic E-state index is -4.02. The van der Waals surface area contributed by atoms with Gasteiger partial charge in [0.2, 0.25) is 10.0 Å². The fourth-order valence-corrected chi connectivity index (χ4v) is 3.92. The van der Waals surface area contributed by atoms with Crippen molar-refractivity contribution >= 4 is 22.4 Å². The second-order valence-electron chi connectivity index (χ2n) is 4.81. The van der Waals surface area contributed by atoms with Gasteiger partial charge < -0.3 is 5.32 Å². The molecule has 2 unspecified atom stereocenters. The van der Waals surface area contributed by atoms with E-state index >= 15 is 0 Å². The molecule has 0 radical (unpaired) electrons. The van der Waals surface area contributed by atoms with Gasteiger partial charge in [0, 0.05) is 25.2 Å². The van der Waals surface area contributed by atoms with Gasteiger partial charge in [-0.05, 0) is 32.0 Å². The third kappa shape index (κ3) is 3.28. The summed E-state index contributed by atoms with van der Waals surface area (Å²) < 4.78 is 52.8. The van der Waals surface area contributed by atoms with E-state index in [1.165, 1.54) is 4.31 Å². The van der Waals surface area contributed by atoms with Crippen LogP contribution in [0.2, 0.25) is 0 Å². The highest BCUT2D eigenvalue weighted by Gasteiger charge is 2.35. The van der Waals surface area contributed by atoms with Gasteiger partial charge in [-0.1, -0.05) is 0 Å². The number of nitrogens with zero attached hydrogens (tertiary/aromatic N) is 1. The molecule has 1 saturated heterocycles. The lowest BCUT2D eigenvalue weighted by molar-refractivity contribution is 0.244. The highest BCUT2D eigenvalue weighted by atomic mass is 35.5. The predicted molar refractivity (Wildman–Crippen MR) is 74.4 cm³/mol. The summed E-state index contributed by atoms with van der Waals surface area (Å²) in [5.41, 5.74) is 0. The molecule has 1 heterocycles. The summed E-state index contributed by atoms with van der Waals surface area (Å²) in [7, 11) is -4.02. The van der Waals surface area contributed by atoms with E-state index in [0.717, 1.165) is 18.2 Å². The van der Waals surface area contributed by atoms with E-state index in [4.69, 9.17) is 0 Å². The molecule has 1 N–H and O–H groups in total. The number of hydrogen-bond acceptors (Lipinski definition) is 3. The van der Waals surface area contributed by atoms with Gasteiger partial charge in [0.15, 0.2) is 0 Å². The van der Waals surface area contributed by atoms with Crippen molar-refractivity contribution in [1.29, 1.82) is 0 Å². The Hall–Kier alpha value is -0.760. The molecular formula is C12H17ClF2N2O2S. The Morgan fingerprint density at radius 2 is 1.95 bits per heavy atom. The molecule has 0 spiro atoms. The van der Waals surface area contributed by atoms with Gasteiger partial charge in [-0.15, -0.1) is 12.4 Å². The standard InChI is InChI=1S/C12H16F2N2O2S.ClH/c1-8-7-16(9(2)6-15-8)19(17,18)12-5-10(13)3-4-11(12)14;/h3-5,8-9,15H,6-7H2,1-2H3;1H. The van der Waals surface area contributed by atoms with E-state index in [2.05, 4.69) is 5.32 Å². The first-order valence-corrected chi connectivity index (χ1v) is 7.46. The fraction of sp³-hybridized carbons (Fsp3) is 0.500. The van der Waals surface area contributed by atoms with Crippen LogP contribution in [0, 0.1) is 11.6 Å². The Morgan fingerprint density at radius 1 is 1.30 bits per heavy atom. The van der Waals surface area contributed by atoms with Crippen LogP contribution in [-0.2, 0) is 10.0 Å². The number of hydrogen-bond donors (Lipinski definition) is 1. The van der Waals surface area contributed by atoms with Crippen LogP contribution in [0.4, 0.5) is 8.78 Å². The van der Waals surface area contributed by atoms with Crippen molar-refractivity contribution in [2.45, 2.75) is 30.8 Å². The Labute approximate surface area is 123 Å². The van der Waals surface area contributed by atoms with Crippen LogP contribution in [0.3, 0.4) is 0 Å². The zero-order valence-corrected chi connectivity index (χ0v) is 12.8. The Bertz CT molecular complexity index is 583. The van der Waals surface area contributed by atoms with Gasteiger partial charge in [0.05, 0.1) is 0 Å². The summed E-state index contributed by atoms with van der Waals surface area (Å²) in [4.78, 5) is -0.603. The lowest BCUT2D eigenvalue weighted by atomic mass is 10.2. The summed E-state index contributed by atoms with van der Waals surface area (Å²) in [5, 5.41) is 3.14. The largest absolute Gasteiger partial charge is 0.311 e. The Morgan fingerprint density at radius 3 is 2.60 bits per heavy atom. The highest BCUT2D eigenvalue weighted by Crippen LogP contribution is 2.23. The molecule has 0 aromatic heterocycles. The van der Waals surface area contributed by atoms with Crippen molar-refractivity contribution in [2.24, 2.45) is 0 Å². The van der Waals surface area contributed by atoms with Gasteiger partial charge in [-0.2, -0.15) is 4.31 Å². The summed E-state index contributed by atoms with van der Waals surface area (Å²) in [6.45, 7) is 4.29. The molecule has 1 aliphatic heterocycles. The number of halogens is 3. The third-order valence-electron chi connectivity index (χ3n) is 3.19. The zero-order valence-electron chi connectivity index (χ0n) is 11.1. The van der Waals surface area contributed by atoms with Gasteiger partial charge in [-0.3, -0.25) is 0 Å². The van der Waals surface area contributed by atoms with Gasteiger partial charge >= 0.3 is 0 Å². The number of piperazine rings is 1. The summed E-state index contributed by atoms with van der Waals surface area (Å²) >= 11 is 0. The molecule has 2 atom stereocenters. The molecule has 0 bridgehead atoms. The van der Waals surface area contributed by atoms with E-state index in [1.807, 2.05) is 6.92 Å². The summed E-state index contributed by atoms with van der Waals surface area (Å²) in [5.74, 6) is -1.70. The fourth-order valence-electron chi connectivity index (χ4n) is 2.12. The van der Waals surface area contributed by atoms with Crippen molar-refractivity contribution in [3.63, 3.8) is 0 Å². The minimum absolute atomic E-state index is 0. The first kappa shape index (κ1) is 17.3. The topological polar surface area (TPSA) is 49.4 Å².